The van der Waals surface area contributed by atoms with Crippen LogP contribution < -0.4 is 4.90 Å². The molecule has 2 heterocycles. The Morgan fingerprint density at radius 1 is 1.00 bits per heavy atom. The average molecular weight is 582 g/mol. The molecule has 8 nitrogen and oxygen atoms in total. The normalized spacial score (nSPS) is 33.2. The second kappa shape index (κ2) is 8.66. The third-order valence-electron chi connectivity index (χ3n) is 10.9. The molecule has 3 aromatic rings. The summed E-state index contributed by atoms with van der Waals surface area (Å²) in [4.78, 5) is 24.6. The lowest BCUT2D eigenvalue weighted by molar-refractivity contribution is -0.215. The topological polar surface area (TPSA) is 98.2 Å². The summed E-state index contributed by atoms with van der Waals surface area (Å²) in [5, 5.41) is 8.13. The fraction of sp³-hybridized carbons (Fsp3) is 0.645. The van der Waals surface area contributed by atoms with Gasteiger partial charge in [-0.05, 0) is 99.7 Å². The molecule has 0 N–H and O–H groups in total. The van der Waals surface area contributed by atoms with Gasteiger partial charge in [0.05, 0.1) is 0 Å². The second-order valence-corrected chi connectivity index (χ2v) is 14.2. The first-order valence-corrected chi connectivity index (χ1v) is 15.1. The molecule has 10 rings (SSSR count). The van der Waals surface area contributed by atoms with Crippen molar-refractivity contribution >= 4 is 11.6 Å². The Kier molecular flexibility index (Phi) is 5.44. The summed E-state index contributed by atoms with van der Waals surface area (Å²) in [5.41, 5.74) is -0.219. The molecule has 0 spiro atoms. The zero-order valence-electron chi connectivity index (χ0n) is 23.7. The lowest BCUT2D eigenvalue weighted by Crippen LogP contribution is -2.65. The van der Waals surface area contributed by atoms with E-state index in [1.807, 2.05) is 29.2 Å². The van der Waals surface area contributed by atoms with E-state index in [0.717, 1.165) is 75.4 Å². The number of fused-ring (bicyclic) bond motifs is 3. The van der Waals surface area contributed by atoms with Gasteiger partial charge in [0.25, 0.3) is 11.8 Å². The Morgan fingerprint density at radius 2 is 1.71 bits per heavy atom. The van der Waals surface area contributed by atoms with Gasteiger partial charge in [0, 0.05) is 42.5 Å². The highest BCUT2D eigenvalue weighted by Gasteiger charge is 2.69. The molecular formula is C31H34F3N5O3. The lowest BCUT2D eigenvalue weighted by Gasteiger charge is -2.66. The van der Waals surface area contributed by atoms with E-state index in [0.29, 0.717) is 49.9 Å². The van der Waals surface area contributed by atoms with E-state index in [2.05, 4.69) is 20.3 Å². The van der Waals surface area contributed by atoms with Crippen LogP contribution in [-0.2, 0) is 16.1 Å². The summed E-state index contributed by atoms with van der Waals surface area (Å²) in [7, 11) is 0. The van der Waals surface area contributed by atoms with Crippen LogP contribution in [-0.4, -0.2) is 38.4 Å². The number of carbonyl (C=O) groups excluding carboxylic acids is 1. The Bertz CT molecular complexity index is 1510. The summed E-state index contributed by atoms with van der Waals surface area (Å²) in [5.74, 6) is -1.87. The van der Waals surface area contributed by atoms with Crippen molar-refractivity contribution in [3.05, 3.63) is 41.8 Å². The highest BCUT2D eigenvalue weighted by Crippen LogP contribution is 2.71. The van der Waals surface area contributed by atoms with E-state index < -0.39 is 17.5 Å². The average Bonchev–Trinajstić information content (AvgIpc) is 3.43. The van der Waals surface area contributed by atoms with Gasteiger partial charge in [-0.2, -0.15) is 18.7 Å². The number of rotatable bonds is 9. The van der Waals surface area contributed by atoms with Crippen LogP contribution in [0.1, 0.15) is 107 Å². The monoisotopic (exact) mass is 581 g/mol. The lowest BCUT2D eigenvalue weighted by atomic mass is 9.41. The van der Waals surface area contributed by atoms with Crippen molar-refractivity contribution in [3.63, 3.8) is 0 Å². The molecule has 1 amide bonds. The fourth-order valence-electron chi connectivity index (χ4n) is 8.24. The first kappa shape index (κ1) is 26.4. The molecule has 7 fully saturated rings. The second-order valence-electron chi connectivity index (χ2n) is 14.2. The number of halogens is 3. The van der Waals surface area contributed by atoms with Crippen molar-refractivity contribution < 1.29 is 27.0 Å². The summed E-state index contributed by atoms with van der Waals surface area (Å²) in [6, 6.07) is 7.71. The Labute approximate surface area is 241 Å². The number of alkyl halides is 3. The van der Waals surface area contributed by atoms with Crippen LogP contribution in [0, 0.1) is 10.8 Å². The molecule has 42 heavy (non-hydrogen) atoms. The molecule has 4 bridgehead atoms. The third kappa shape index (κ3) is 4.28. The van der Waals surface area contributed by atoms with Crippen LogP contribution >= 0.6 is 0 Å². The third-order valence-corrected chi connectivity index (χ3v) is 10.9. The molecule has 0 aliphatic heterocycles. The Balaban J connectivity index is 1.05. The number of hydrogen-bond donors (Lipinski definition) is 0. The predicted molar refractivity (Wildman–Crippen MR) is 144 cm³/mol. The number of hydrogen-bond acceptors (Lipinski definition) is 7. The first-order chi connectivity index (χ1) is 20.0. The van der Waals surface area contributed by atoms with Crippen LogP contribution in [0.2, 0.25) is 0 Å². The molecule has 1 aromatic carbocycles. The number of amides is 1. The van der Waals surface area contributed by atoms with E-state index in [4.69, 9.17) is 9.05 Å². The van der Waals surface area contributed by atoms with Crippen molar-refractivity contribution in [1.29, 1.82) is 0 Å². The summed E-state index contributed by atoms with van der Waals surface area (Å²) in [6.07, 6.45) is 8.66. The minimum atomic E-state index is -3.17. The van der Waals surface area contributed by atoms with Gasteiger partial charge in [-0.25, -0.2) is 4.39 Å². The van der Waals surface area contributed by atoms with Gasteiger partial charge in [0.15, 0.2) is 11.6 Å². The molecule has 7 aliphatic rings. The molecule has 11 heteroatoms. The van der Waals surface area contributed by atoms with Crippen LogP contribution in [0.5, 0.6) is 0 Å². The maximum Gasteiger partial charge on any atom is 0.322 e. The van der Waals surface area contributed by atoms with Gasteiger partial charge >= 0.3 is 5.92 Å². The highest BCUT2D eigenvalue weighted by atomic mass is 19.3. The van der Waals surface area contributed by atoms with E-state index >= 15 is 0 Å². The van der Waals surface area contributed by atoms with Gasteiger partial charge in [-0.3, -0.25) is 4.79 Å². The van der Waals surface area contributed by atoms with Crippen molar-refractivity contribution in [2.45, 2.75) is 107 Å². The quantitative estimate of drug-likeness (QED) is 0.268. The number of carbonyl (C=O) groups is 1. The van der Waals surface area contributed by atoms with E-state index in [-0.39, 0.29) is 22.2 Å². The van der Waals surface area contributed by atoms with Crippen LogP contribution in [0.3, 0.4) is 0 Å². The molecule has 7 saturated carbocycles. The molecule has 0 unspecified atom stereocenters. The molecule has 222 valence electrons. The zero-order chi connectivity index (χ0) is 29.0. The van der Waals surface area contributed by atoms with Gasteiger partial charge < -0.3 is 13.9 Å². The number of aromatic nitrogens is 4. The molecule has 0 radical (unpaired) electrons. The summed E-state index contributed by atoms with van der Waals surface area (Å²) < 4.78 is 52.4. The summed E-state index contributed by atoms with van der Waals surface area (Å²) in [6.45, 7) is 1.31. The van der Waals surface area contributed by atoms with Gasteiger partial charge in [-0.1, -0.05) is 16.4 Å². The molecule has 0 saturated heterocycles. The van der Waals surface area contributed by atoms with Crippen molar-refractivity contribution in [2.24, 2.45) is 10.8 Å². The fourth-order valence-corrected chi connectivity index (χ4v) is 8.24. The van der Waals surface area contributed by atoms with Gasteiger partial charge in [0.2, 0.25) is 5.91 Å². The maximum atomic E-state index is 14.3. The number of anilines is 1. The largest absolute Gasteiger partial charge is 0.334 e. The standard InChI is InChI=1S/C31H34F3N5O3/c1-27(32,33)26-36-25(38-42-26)30-10-7-28(8-11-30,9-12-30)18-39(22(40)14-29-15-31(34,16-29)17-29)21-4-2-3-20(13-21)24-35-23(37-41-24)19-5-6-19/h2-4,13,19H,5-12,14-18H2,1H3. The van der Waals surface area contributed by atoms with E-state index in [1.54, 1.807) is 0 Å². The molecular weight excluding hydrogens is 547 g/mol. The number of benzene rings is 1. The molecule has 7 aliphatic carbocycles. The van der Waals surface area contributed by atoms with E-state index in [9.17, 15) is 18.0 Å². The maximum absolute atomic E-state index is 14.3. The minimum absolute atomic E-state index is 0.0165. The Morgan fingerprint density at radius 3 is 2.33 bits per heavy atom. The van der Waals surface area contributed by atoms with E-state index in [1.165, 1.54) is 0 Å². The predicted octanol–water partition coefficient (Wildman–Crippen LogP) is 7.02. The van der Waals surface area contributed by atoms with Crippen LogP contribution in [0.4, 0.5) is 18.9 Å². The van der Waals surface area contributed by atoms with Crippen molar-refractivity contribution in [2.75, 3.05) is 11.4 Å². The van der Waals surface area contributed by atoms with Crippen molar-refractivity contribution in [1.82, 2.24) is 20.3 Å². The first-order valence-electron chi connectivity index (χ1n) is 15.1. The van der Waals surface area contributed by atoms with Crippen LogP contribution in [0.15, 0.2) is 33.3 Å². The SMILES string of the molecule is CC(F)(F)c1nc(C23CCC(CN(C(=O)CC45CC(F)(C4)C5)c4cccc(-c5nc(C6CC6)no5)c4)(CC2)CC3)no1. The highest BCUT2D eigenvalue weighted by molar-refractivity contribution is 5.94. The van der Waals surface area contributed by atoms with Crippen molar-refractivity contribution in [3.8, 4) is 11.5 Å². The summed E-state index contributed by atoms with van der Waals surface area (Å²) >= 11 is 0. The smallest absolute Gasteiger partial charge is 0.322 e. The minimum Gasteiger partial charge on any atom is -0.334 e. The number of nitrogens with zero attached hydrogens (tertiary/aromatic N) is 5. The van der Waals surface area contributed by atoms with Gasteiger partial charge in [0.1, 0.15) is 5.67 Å². The van der Waals surface area contributed by atoms with Gasteiger partial charge in [-0.15, -0.1) is 0 Å². The molecule has 0 atom stereocenters. The van der Waals surface area contributed by atoms with Crippen LogP contribution in [0.25, 0.3) is 11.5 Å². The zero-order valence-corrected chi connectivity index (χ0v) is 23.7. The molecule has 2 aromatic heterocycles. The Hall–Kier alpha value is -3.24.